The van der Waals surface area contributed by atoms with Gasteiger partial charge in [-0.2, -0.15) is 0 Å². The summed E-state index contributed by atoms with van der Waals surface area (Å²) in [5.41, 5.74) is 0.983. The first-order valence-electron chi connectivity index (χ1n) is 8.92. The lowest BCUT2D eigenvalue weighted by atomic mass is 10.1. The molecule has 140 valence electrons. The van der Waals surface area contributed by atoms with Crippen LogP contribution in [0.5, 0.6) is 0 Å². The minimum absolute atomic E-state index is 0.577. The monoisotopic (exact) mass is 349 g/mol. The lowest BCUT2D eigenvalue weighted by molar-refractivity contribution is 0.0888. The zero-order valence-electron chi connectivity index (χ0n) is 15.6. The molecule has 7 nitrogen and oxygen atoms in total. The Bertz CT molecular complexity index is 530. The second-order valence-corrected chi connectivity index (χ2v) is 6.39. The number of hydrogen-bond acceptors (Lipinski definition) is 5. The van der Waals surface area contributed by atoms with Crippen LogP contribution in [0, 0.1) is 5.92 Å². The predicted molar refractivity (Wildman–Crippen MR) is 101 cm³/mol. The van der Waals surface area contributed by atoms with Crippen LogP contribution in [0.4, 0.5) is 5.82 Å². The first-order valence-corrected chi connectivity index (χ1v) is 8.92. The van der Waals surface area contributed by atoms with Crippen molar-refractivity contribution in [1.29, 1.82) is 0 Å². The number of nitrogens with zero attached hydrogens (tertiary/aromatic N) is 3. The molecule has 0 spiro atoms. The van der Waals surface area contributed by atoms with Crippen LogP contribution in [0.15, 0.2) is 23.2 Å². The molecular formula is C18H31N5O2. The van der Waals surface area contributed by atoms with E-state index >= 15 is 0 Å². The summed E-state index contributed by atoms with van der Waals surface area (Å²) in [5, 5.41) is 6.59. The Kier molecular flexibility index (Phi) is 8.48. The first-order chi connectivity index (χ1) is 12.2. The predicted octanol–water partition coefficient (Wildman–Crippen LogP) is 1.26. The molecule has 1 aliphatic rings. The van der Waals surface area contributed by atoms with Gasteiger partial charge in [-0.25, -0.2) is 4.98 Å². The van der Waals surface area contributed by atoms with Crippen LogP contribution in [0.2, 0.25) is 0 Å². The molecule has 2 N–H and O–H groups in total. The van der Waals surface area contributed by atoms with Gasteiger partial charge in [0.25, 0.3) is 0 Å². The largest absolute Gasteiger partial charge is 0.381 e. The highest BCUT2D eigenvalue weighted by atomic mass is 16.5. The molecule has 2 heterocycles. The third-order valence-electron chi connectivity index (χ3n) is 4.05. The van der Waals surface area contributed by atoms with Crippen LogP contribution in [0.3, 0.4) is 0 Å². The molecule has 0 bridgehead atoms. The molecular weight excluding hydrogens is 318 g/mol. The molecule has 0 saturated carbocycles. The first kappa shape index (κ1) is 19.5. The SMILES string of the molecule is CN=C(NCCCOCC1CCOC1)NCc1cccc(N(C)C)n1. The highest BCUT2D eigenvalue weighted by molar-refractivity contribution is 5.79. The van der Waals surface area contributed by atoms with E-state index in [0.717, 1.165) is 63.3 Å². The summed E-state index contributed by atoms with van der Waals surface area (Å²) in [6.07, 6.45) is 2.07. The summed E-state index contributed by atoms with van der Waals surface area (Å²) in [6.45, 7) is 4.75. The molecule has 0 amide bonds. The third kappa shape index (κ3) is 7.27. The maximum absolute atomic E-state index is 5.70. The second kappa shape index (κ2) is 10.9. The molecule has 1 saturated heterocycles. The van der Waals surface area contributed by atoms with E-state index in [-0.39, 0.29) is 0 Å². The van der Waals surface area contributed by atoms with E-state index in [0.29, 0.717) is 12.5 Å². The summed E-state index contributed by atoms with van der Waals surface area (Å²) >= 11 is 0. The van der Waals surface area contributed by atoms with Crippen molar-refractivity contribution in [2.75, 3.05) is 59.0 Å². The van der Waals surface area contributed by atoms with Crippen LogP contribution in [0.25, 0.3) is 0 Å². The summed E-state index contributed by atoms with van der Waals surface area (Å²) in [6, 6.07) is 6.02. The molecule has 1 aliphatic heterocycles. The van der Waals surface area contributed by atoms with Crippen molar-refractivity contribution >= 4 is 11.8 Å². The van der Waals surface area contributed by atoms with E-state index in [1.165, 1.54) is 0 Å². The van der Waals surface area contributed by atoms with Crippen molar-refractivity contribution in [3.05, 3.63) is 23.9 Å². The Balaban J connectivity index is 1.59. The maximum Gasteiger partial charge on any atom is 0.191 e. The second-order valence-electron chi connectivity index (χ2n) is 6.39. The molecule has 0 radical (unpaired) electrons. The number of nitrogens with one attached hydrogen (secondary N) is 2. The van der Waals surface area contributed by atoms with Crippen LogP contribution in [0.1, 0.15) is 18.5 Å². The van der Waals surface area contributed by atoms with Crippen molar-refractivity contribution in [3.63, 3.8) is 0 Å². The summed E-state index contributed by atoms with van der Waals surface area (Å²) in [4.78, 5) is 10.8. The number of anilines is 1. The van der Waals surface area contributed by atoms with E-state index in [4.69, 9.17) is 9.47 Å². The Labute approximate surface area is 150 Å². The fraction of sp³-hybridized carbons (Fsp3) is 0.667. The standard InChI is InChI=1S/C18H31N5O2/c1-19-18(20-9-5-10-24-13-15-8-11-25-14-15)21-12-16-6-4-7-17(22-16)23(2)3/h4,6-7,15H,5,8-14H2,1-3H3,(H2,19,20,21). The maximum atomic E-state index is 5.70. The van der Waals surface area contributed by atoms with Gasteiger partial charge in [0.05, 0.1) is 25.5 Å². The number of pyridine rings is 1. The van der Waals surface area contributed by atoms with Gasteiger partial charge in [0.15, 0.2) is 5.96 Å². The third-order valence-corrected chi connectivity index (χ3v) is 4.05. The lowest BCUT2D eigenvalue weighted by Crippen LogP contribution is -2.37. The van der Waals surface area contributed by atoms with E-state index < -0.39 is 0 Å². The summed E-state index contributed by atoms with van der Waals surface area (Å²) in [7, 11) is 5.75. The van der Waals surface area contributed by atoms with E-state index in [9.17, 15) is 0 Å². The van der Waals surface area contributed by atoms with Crippen molar-refractivity contribution in [1.82, 2.24) is 15.6 Å². The van der Waals surface area contributed by atoms with Gasteiger partial charge >= 0.3 is 0 Å². The molecule has 0 aromatic carbocycles. The Morgan fingerprint density at radius 3 is 3.00 bits per heavy atom. The van der Waals surface area contributed by atoms with Crippen LogP contribution < -0.4 is 15.5 Å². The lowest BCUT2D eigenvalue weighted by Gasteiger charge is -2.14. The van der Waals surface area contributed by atoms with Gasteiger partial charge in [0.2, 0.25) is 0 Å². The molecule has 1 aromatic heterocycles. The van der Waals surface area contributed by atoms with Gasteiger partial charge in [-0.15, -0.1) is 0 Å². The number of guanidine groups is 1. The Morgan fingerprint density at radius 2 is 2.28 bits per heavy atom. The van der Waals surface area contributed by atoms with Gasteiger partial charge in [-0.05, 0) is 25.0 Å². The van der Waals surface area contributed by atoms with Gasteiger partial charge in [-0.1, -0.05) is 6.07 Å². The number of hydrogen-bond donors (Lipinski definition) is 2. The topological polar surface area (TPSA) is 71.0 Å². The van der Waals surface area contributed by atoms with Crippen LogP contribution in [-0.2, 0) is 16.0 Å². The summed E-state index contributed by atoms with van der Waals surface area (Å²) < 4.78 is 11.0. The fourth-order valence-corrected chi connectivity index (χ4v) is 2.56. The average molecular weight is 349 g/mol. The van der Waals surface area contributed by atoms with Crippen molar-refractivity contribution < 1.29 is 9.47 Å². The zero-order valence-corrected chi connectivity index (χ0v) is 15.6. The highest BCUT2D eigenvalue weighted by Gasteiger charge is 2.15. The minimum atomic E-state index is 0.577. The molecule has 0 aliphatic carbocycles. The van der Waals surface area contributed by atoms with Crippen LogP contribution >= 0.6 is 0 Å². The van der Waals surface area contributed by atoms with Gasteiger partial charge in [-0.3, -0.25) is 4.99 Å². The van der Waals surface area contributed by atoms with E-state index in [2.05, 4.69) is 20.6 Å². The normalized spacial score (nSPS) is 17.6. The molecule has 25 heavy (non-hydrogen) atoms. The molecule has 1 aromatic rings. The number of aromatic nitrogens is 1. The van der Waals surface area contributed by atoms with Gasteiger partial charge in [0.1, 0.15) is 5.82 Å². The van der Waals surface area contributed by atoms with E-state index in [1.54, 1.807) is 7.05 Å². The highest BCUT2D eigenvalue weighted by Crippen LogP contribution is 2.12. The number of aliphatic imine (C=N–C) groups is 1. The number of ether oxygens (including phenoxy) is 2. The Hall–Kier alpha value is -1.86. The van der Waals surface area contributed by atoms with Crippen molar-refractivity contribution in [2.45, 2.75) is 19.4 Å². The molecule has 7 heteroatoms. The van der Waals surface area contributed by atoms with Gasteiger partial charge < -0.3 is 25.0 Å². The average Bonchev–Trinajstić information content (AvgIpc) is 3.14. The molecule has 1 unspecified atom stereocenters. The minimum Gasteiger partial charge on any atom is -0.381 e. The zero-order chi connectivity index (χ0) is 17.9. The fourth-order valence-electron chi connectivity index (χ4n) is 2.56. The molecule has 2 rings (SSSR count). The van der Waals surface area contributed by atoms with Crippen LogP contribution in [-0.4, -0.2) is 65.1 Å². The molecule has 1 fully saturated rings. The number of rotatable bonds is 9. The van der Waals surface area contributed by atoms with Gasteiger partial charge in [0, 0.05) is 46.8 Å². The Morgan fingerprint density at radius 1 is 1.40 bits per heavy atom. The summed E-state index contributed by atoms with van der Waals surface area (Å²) in [5.74, 6) is 2.31. The quantitative estimate of drug-likeness (QED) is 0.397. The van der Waals surface area contributed by atoms with Crippen molar-refractivity contribution in [3.8, 4) is 0 Å². The van der Waals surface area contributed by atoms with E-state index in [1.807, 2.05) is 37.2 Å². The molecule has 1 atom stereocenters. The smallest absolute Gasteiger partial charge is 0.191 e. The van der Waals surface area contributed by atoms with Crippen molar-refractivity contribution in [2.24, 2.45) is 10.9 Å².